The molecule has 1 unspecified atom stereocenters. The molecule has 0 spiro atoms. The van der Waals surface area contributed by atoms with Crippen LogP contribution < -0.4 is 5.73 Å². The Morgan fingerprint density at radius 2 is 2.17 bits per heavy atom. The van der Waals surface area contributed by atoms with Gasteiger partial charge in [0.05, 0.1) is 23.8 Å². The van der Waals surface area contributed by atoms with E-state index in [1.54, 1.807) is 47.8 Å². The Morgan fingerprint density at radius 1 is 1.38 bits per heavy atom. The number of imidazole rings is 1. The summed E-state index contributed by atoms with van der Waals surface area (Å²) in [5.74, 6) is -2.34. The Morgan fingerprint density at radius 3 is 2.86 bits per heavy atom. The number of benzene rings is 1. The number of alkyl halides is 2. The van der Waals surface area contributed by atoms with Crippen molar-refractivity contribution in [2.75, 3.05) is 20.1 Å². The van der Waals surface area contributed by atoms with Crippen molar-refractivity contribution in [3.05, 3.63) is 35.2 Å². The van der Waals surface area contributed by atoms with E-state index in [-0.39, 0.29) is 25.5 Å². The minimum atomic E-state index is -2.94. The average Bonchev–Trinajstić information content (AvgIpc) is 3.13. The van der Waals surface area contributed by atoms with Gasteiger partial charge in [0.2, 0.25) is 0 Å². The molecule has 4 rings (SSSR count). The number of aromatic nitrogens is 3. The lowest BCUT2D eigenvalue weighted by Crippen LogP contribution is -2.30. The van der Waals surface area contributed by atoms with Crippen LogP contribution in [0.25, 0.3) is 21.9 Å². The summed E-state index contributed by atoms with van der Waals surface area (Å²) in [6.45, 7) is 1.39. The molecule has 0 amide bonds. The van der Waals surface area contributed by atoms with Gasteiger partial charge in [0.25, 0.3) is 5.92 Å². The molecule has 1 saturated heterocycles. The van der Waals surface area contributed by atoms with E-state index >= 15 is 0 Å². The Hall–Kier alpha value is -2.72. The van der Waals surface area contributed by atoms with Crippen LogP contribution in [0.4, 0.5) is 8.78 Å². The number of amidine groups is 1. The molecule has 1 aliphatic rings. The van der Waals surface area contributed by atoms with Crippen LogP contribution in [0.5, 0.6) is 0 Å². The van der Waals surface area contributed by atoms with Gasteiger partial charge in [-0.05, 0) is 37.4 Å². The summed E-state index contributed by atoms with van der Waals surface area (Å²) in [5.41, 5.74) is 7.14. The van der Waals surface area contributed by atoms with Crippen LogP contribution in [0.2, 0.25) is 5.02 Å². The Labute approximate surface area is 170 Å². The number of hydrogen-bond acceptors (Lipinski definition) is 5. The summed E-state index contributed by atoms with van der Waals surface area (Å²) in [4.78, 5) is 10.5. The topological polar surface area (TPSA) is 97.0 Å². The van der Waals surface area contributed by atoms with Crippen LogP contribution in [-0.2, 0) is 6.54 Å². The molecule has 2 aromatic heterocycles. The molecule has 1 aromatic carbocycles. The number of fused-ring (bicyclic) bond motifs is 3. The SMILES string of the molecule is CC(N)=NN=NCc1nc2cnc3ccc(Cl)cc3c2n1C1CN(C)CC1(F)F. The van der Waals surface area contributed by atoms with E-state index < -0.39 is 12.0 Å². The third-order valence-electron chi connectivity index (χ3n) is 4.79. The summed E-state index contributed by atoms with van der Waals surface area (Å²) in [5, 5.41) is 12.4. The first kappa shape index (κ1) is 19.6. The molecule has 0 aliphatic carbocycles. The van der Waals surface area contributed by atoms with Crippen molar-refractivity contribution in [2.45, 2.75) is 25.4 Å². The van der Waals surface area contributed by atoms with Crippen molar-refractivity contribution in [1.29, 1.82) is 0 Å². The second-order valence-corrected chi connectivity index (χ2v) is 7.59. The smallest absolute Gasteiger partial charge is 0.282 e. The molecule has 1 atom stereocenters. The molecule has 152 valence electrons. The van der Waals surface area contributed by atoms with Gasteiger partial charge in [-0.2, -0.15) is 5.11 Å². The quantitative estimate of drug-likeness (QED) is 0.302. The highest BCUT2D eigenvalue weighted by molar-refractivity contribution is 6.31. The Bertz CT molecular complexity index is 1140. The lowest BCUT2D eigenvalue weighted by molar-refractivity contribution is -0.0201. The van der Waals surface area contributed by atoms with Gasteiger partial charge in [-0.15, -0.1) is 5.10 Å². The number of likely N-dealkylation sites (tertiary alicyclic amines) is 1. The normalized spacial score (nSPS) is 20.4. The van der Waals surface area contributed by atoms with Crippen LogP contribution in [0.15, 0.2) is 39.8 Å². The van der Waals surface area contributed by atoms with E-state index in [1.807, 2.05) is 0 Å². The molecule has 0 bridgehead atoms. The largest absolute Gasteiger partial charge is 0.386 e. The van der Waals surface area contributed by atoms with Gasteiger partial charge >= 0.3 is 0 Å². The molecule has 0 radical (unpaired) electrons. The van der Waals surface area contributed by atoms with E-state index in [9.17, 15) is 8.78 Å². The molecule has 3 heterocycles. The number of rotatable bonds is 4. The molecule has 11 heteroatoms. The molecule has 0 saturated carbocycles. The minimum absolute atomic E-state index is 0.0240. The zero-order valence-electron chi connectivity index (χ0n) is 15.8. The van der Waals surface area contributed by atoms with E-state index in [2.05, 4.69) is 25.4 Å². The van der Waals surface area contributed by atoms with Gasteiger partial charge in [0, 0.05) is 17.0 Å². The summed E-state index contributed by atoms with van der Waals surface area (Å²) >= 11 is 6.18. The molecular formula is C18H19ClF2N8. The fourth-order valence-corrected chi connectivity index (χ4v) is 3.84. The van der Waals surface area contributed by atoms with E-state index in [0.717, 1.165) is 0 Å². The first-order valence-electron chi connectivity index (χ1n) is 8.94. The Balaban J connectivity index is 1.94. The minimum Gasteiger partial charge on any atom is -0.386 e. The Kier molecular flexibility index (Phi) is 4.91. The van der Waals surface area contributed by atoms with Gasteiger partial charge in [-0.3, -0.25) is 9.88 Å². The second kappa shape index (κ2) is 7.27. The van der Waals surface area contributed by atoms with Crippen molar-refractivity contribution < 1.29 is 8.78 Å². The molecule has 8 nitrogen and oxygen atoms in total. The van der Waals surface area contributed by atoms with Crippen LogP contribution >= 0.6 is 11.6 Å². The lowest BCUT2D eigenvalue weighted by atomic mass is 10.1. The number of halogens is 3. The van der Waals surface area contributed by atoms with Crippen molar-refractivity contribution in [3.8, 4) is 0 Å². The highest BCUT2D eigenvalue weighted by Crippen LogP contribution is 2.40. The molecular weight excluding hydrogens is 402 g/mol. The van der Waals surface area contributed by atoms with Gasteiger partial charge in [-0.25, -0.2) is 13.8 Å². The molecule has 1 aliphatic heterocycles. The maximum absolute atomic E-state index is 14.9. The highest BCUT2D eigenvalue weighted by atomic mass is 35.5. The zero-order valence-corrected chi connectivity index (χ0v) is 16.6. The summed E-state index contributed by atoms with van der Waals surface area (Å²) in [7, 11) is 1.67. The summed E-state index contributed by atoms with van der Waals surface area (Å²) in [6.07, 6.45) is 1.57. The average molecular weight is 421 g/mol. The fourth-order valence-electron chi connectivity index (χ4n) is 3.67. The van der Waals surface area contributed by atoms with E-state index in [4.69, 9.17) is 17.3 Å². The van der Waals surface area contributed by atoms with Gasteiger partial charge < -0.3 is 10.3 Å². The predicted molar refractivity (Wildman–Crippen MR) is 107 cm³/mol. The summed E-state index contributed by atoms with van der Waals surface area (Å²) < 4.78 is 31.3. The standard InChI is InChI=1S/C18H19ClF2N8/c1-10(22)26-27-24-7-16-25-14-6-23-13-4-3-11(19)5-12(13)17(14)29(16)15-8-28(2)9-18(15,20)21/h3-6,15H,7-9H2,1-2H3,(H2,22,24,26). The van der Waals surface area contributed by atoms with Crippen molar-refractivity contribution >= 4 is 39.4 Å². The first-order valence-corrected chi connectivity index (χ1v) is 9.32. The maximum atomic E-state index is 14.9. The monoisotopic (exact) mass is 420 g/mol. The van der Waals surface area contributed by atoms with Gasteiger partial charge in [-0.1, -0.05) is 11.6 Å². The molecule has 3 aromatic rings. The highest BCUT2D eigenvalue weighted by Gasteiger charge is 2.49. The van der Waals surface area contributed by atoms with Crippen molar-refractivity contribution in [2.24, 2.45) is 21.2 Å². The maximum Gasteiger partial charge on any atom is 0.282 e. The molecule has 29 heavy (non-hydrogen) atoms. The van der Waals surface area contributed by atoms with E-state index in [0.29, 0.717) is 32.8 Å². The van der Waals surface area contributed by atoms with Crippen molar-refractivity contribution in [1.82, 2.24) is 19.4 Å². The van der Waals surface area contributed by atoms with Crippen LogP contribution in [0.3, 0.4) is 0 Å². The van der Waals surface area contributed by atoms with Crippen molar-refractivity contribution in [3.63, 3.8) is 0 Å². The second-order valence-electron chi connectivity index (χ2n) is 7.16. The number of pyridine rings is 1. The van der Waals surface area contributed by atoms with Gasteiger partial charge in [0.1, 0.15) is 29.8 Å². The van der Waals surface area contributed by atoms with Crippen LogP contribution in [0.1, 0.15) is 18.8 Å². The molecule has 1 fully saturated rings. The zero-order chi connectivity index (χ0) is 20.8. The van der Waals surface area contributed by atoms with Crippen LogP contribution in [-0.4, -0.2) is 51.3 Å². The van der Waals surface area contributed by atoms with E-state index in [1.165, 1.54) is 0 Å². The number of likely N-dealkylation sites (N-methyl/N-ethyl adjacent to an activating group) is 1. The number of hydrogen-bond donors (Lipinski definition) is 1. The lowest BCUT2D eigenvalue weighted by Gasteiger charge is -2.22. The first-order chi connectivity index (χ1) is 13.8. The molecule has 2 N–H and O–H groups in total. The predicted octanol–water partition coefficient (Wildman–Crippen LogP) is 3.60. The van der Waals surface area contributed by atoms with Crippen LogP contribution in [0, 0.1) is 0 Å². The van der Waals surface area contributed by atoms with Gasteiger partial charge in [0.15, 0.2) is 0 Å². The number of nitrogens with zero attached hydrogens (tertiary/aromatic N) is 7. The third kappa shape index (κ3) is 3.65. The number of nitrogens with two attached hydrogens (primary N) is 1. The summed E-state index contributed by atoms with van der Waals surface area (Å²) in [6, 6.07) is 4.08. The fraction of sp³-hybridized carbons (Fsp3) is 0.389. The third-order valence-corrected chi connectivity index (χ3v) is 5.03.